The van der Waals surface area contributed by atoms with Gasteiger partial charge in [0, 0.05) is 11.9 Å². The third kappa shape index (κ3) is 3.16. The lowest BCUT2D eigenvalue weighted by Crippen LogP contribution is -2.29. The van der Waals surface area contributed by atoms with E-state index in [-0.39, 0.29) is 5.91 Å². The molecule has 3 aromatic rings. The Bertz CT molecular complexity index is 1010. The fourth-order valence-electron chi connectivity index (χ4n) is 3.32. The molecule has 0 unspecified atom stereocenters. The van der Waals surface area contributed by atoms with Crippen molar-refractivity contribution in [1.82, 2.24) is 0 Å². The summed E-state index contributed by atoms with van der Waals surface area (Å²) in [7, 11) is 0. The number of halogens is 1. The van der Waals surface area contributed by atoms with E-state index in [1.807, 2.05) is 42.5 Å². The summed E-state index contributed by atoms with van der Waals surface area (Å²) in [6, 6.07) is 22.3. The molecule has 0 spiro atoms. The van der Waals surface area contributed by atoms with Crippen molar-refractivity contribution in [2.45, 2.75) is 13.5 Å². The van der Waals surface area contributed by atoms with E-state index in [4.69, 9.17) is 11.6 Å². The zero-order chi connectivity index (χ0) is 18.1. The molecule has 1 amide bonds. The van der Waals surface area contributed by atoms with Crippen molar-refractivity contribution in [2.24, 2.45) is 0 Å². The number of anilines is 1. The topological polar surface area (TPSA) is 20.3 Å². The minimum absolute atomic E-state index is 0.0157. The molecule has 128 valence electrons. The van der Waals surface area contributed by atoms with Gasteiger partial charge in [0.05, 0.1) is 12.2 Å². The molecule has 0 radical (unpaired) electrons. The number of rotatable bonds is 1. The molecule has 1 aliphatic rings. The molecule has 26 heavy (non-hydrogen) atoms. The fourth-order valence-corrected chi connectivity index (χ4v) is 3.51. The van der Waals surface area contributed by atoms with E-state index in [0.717, 1.165) is 27.9 Å². The molecular weight excluding hydrogens is 342 g/mol. The molecule has 3 heteroatoms. The molecule has 1 aliphatic heterocycles. The van der Waals surface area contributed by atoms with Crippen LogP contribution in [-0.2, 0) is 11.3 Å². The van der Waals surface area contributed by atoms with Crippen molar-refractivity contribution >= 4 is 35.3 Å². The molecule has 0 saturated carbocycles. The van der Waals surface area contributed by atoms with Gasteiger partial charge in [0.1, 0.15) is 0 Å². The average Bonchev–Trinajstić information content (AvgIpc) is 2.64. The highest BCUT2D eigenvalue weighted by atomic mass is 35.5. The molecule has 0 saturated heterocycles. The van der Waals surface area contributed by atoms with Crippen LogP contribution in [0.5, 0.6) is 0 Å². The van der Waals surface area contributed by atoms with E-state index in [0.29, 0.717) is 11.6 Å². The fraction of sp³-hybridized carbons (Fsp3) is 0.0870. The van der Waals surface area contributed by atoms with Crippen LogP contribution >= 0.6 is 11.6 Å². The van der Waals surface area contributed by atoms with Crippen LogP contribution in [0.15, 0.2) is 66.7 Å². The van der Waals surface area contributed by atoms with Gasteiger partial charge < -0.3 is 4.90 Å². The van der Waals surface area contributed by atoms with Crippen LogP contribution in [0, 0.1) is 0 Å². The second kappa shape index (κ2) is 6.81. The number of benzene rings is 3. The van der Waals surface area contributed by atoms with Crippen LogP contribution < -0.4 is 4.90 Å². The minimum atomic E-state index is 0.0157. The summed E-state index contributed by atoms with van der Waals surface area (Å²) in [6.07, 6.45) is 4.14. The predicted molar refractivity (Wildman–Crippen MR) is 109 cm³/mol. The number of carbonyl (C=O) groups is 1. The molecule has 0 bridgehead atoms. The van der Waals surface area contributed by atoms with Gasteiger partial charge in [-0.1, -0.05) is 66.2 Å². The smallest absolute Gasteiger partial charge is 0.224 e. The van der Waals surface area contributed by atoms with Gasteiger partial charge >= 0.3 is 0 Å². The summed E-state index contributed by atoms with van der Waals surface area (Å²) in [4.78, 5) is 14.1. The molecule has 1 heterocycles. The lowest BCUT2D eigenvalue weighted by molar-refractivity contribution is -0.116. The Kier molecular flexibility index (Phi) is 4.36. The Hall–Kier alpha value is -2.84. The first-order valence-electron chi connectivity index (χ1n) is 8.56. The number of nitrogens with zero attached hydrogens (tertiary/aromatic N) is 1. The van der Waals surface area contributed by atoms with E-state index >= 15 is 0 Å². The van der Waals surface area contributed by atoms with Crippen molar-refractivity contribution in [2.75, 3.05) is 4.90 Å². The van der Waals surface area contributed by atoms with Gasteiger partial charge in [0.2, 0.25) is 5.91 Å². The van der Waals surface area contributed by atoms with Crippen molar-refractivity contribution in [3.8, 4) is 11.1 Å². The summed E-state index contributed by atoms with van der Waals surface area (Å²) in [6.45, 7) is 2.14. The Morgan fingerprint density at radius 2 is 1.65 bits per heavy atom. The van der Waals surface area contributed by atoms with Gasteiger partial charge in [-0.25, -0.2) is 0 Å². The second-order valence-electron chi connectivity index (χ2n) is 6.42. The van der Waals surface area contributed by atoms with E-state index in [1.165, 1.54) is 5.56 Å². The van der Waals surface area contributed by atoms with Gasteiger partial charge in [-0.15, -0.1) is 0 Å². The summed E-state index contributed by atoms with van der Waals surface area (Å²) in [5.74, 6) is 0.0157. The first-order valence-corrected chi connectivity index (χ1v) is 8.94. The maximum absolute atomic E-state index is 12.3. The van der Waals surface area contributed by atoms with Gasteiger partial charge in [-0.05, 0) is 52.1 Å². The van der Waals surface area contributed by atoms with Crippen molar-refractivity contribution in [3.63, 3.8) is 0 Å². The van der Waals surface area contributed by atoms with Gasteiger partial charge in [-0.2, -0.15) is 0 Å². The second-order valence-corrected chi connectivity index (χ2v) is 6.86. The monoisotopic (exact) mass is 359 g/mol. The van der Waals surface area contributed by atoms with Crippen LogP contribution in [0.3, 0.4) is 0 Å². The van der Waals surface area contributed by atoms with Crippen LogP contribution in [-0.4, -0.2) is 5.91 Å². The molecule has 0 aromatic heterocycles. The third-order valence-electron chi connectivity index (χ3n) is 4.68. The first kappa shape index (κ1) is 16.6. The Balaban J connectivity index is 1.85. The van der Waals surface area contributed by atoms with Crippen LogP contribution in [0.2, 0.25) is 5.02 Å². The van der Waals surface area contributed by atoms with Crippen molar-refractivity contribution < 1.29 is 4.79 Å². The average molecular weight is 360 g/mol. The van der Waals surface area contributed by atoms with Crippen LogP contribution in [0.1, 0.15) is 23.6 Å². The van der Waals surface area contributed by atoms with Gasteiger partial charge in [-0.3, -0.25) is 4.79 Å². The summed E-state index contributed by atoms with van der Waals surface area (Å²) in [5.41, 5.74) is 6.41. The lowest BCUT2D eigenvalue weighted by Gasteiger charge is -2.26. The zero-order valence-electron chi connectivity index (χ0n) is 14.4. The van der Waals surface area contributed by atoms with E-state index in [9.17, 15) is 4.79 Å². The number of hydrogen-bond donors (Lipinski definition) is 0. The van der Waals surface area contributed by atoms with Gasteiger partial charge in [0.25, 0.3) is 0 Å². The highest BCUT2D eigenvalue weighted by molar-refractivity contribution is 6.30. The molecule has 0 N–H and O–H groups in total. The molecule has 4 rings (SSSR count). The van der Waals surface area contributed by atoms with Gasteiger partial charge in [0.15, 0.2) is 0 Å². The molecule has 3 aromatic carbocycles. The van der Waals surface area contributed by atoms with E-state index in [1.54, 1.807) is 11.8 Å². The quantitative estimate of drug-likeness (QED) is 0.518. The Morgan fingerprint density at radius 1 is 0.885 bits per heavy atom. The van der Waals surface area contributed by atoms with Crippen LogP contribution in [0.4, 0.5) is 5.69 Å². The largest absolute Gasteiger partial charge is 0.308 e. The maximum atomic E-state index is 12.3. The van der Waals surface area contributed by atoms with Crippen molar-refractivity contribution in [1.29, 1.82) is 0 Å². The molecule has 0 atom stereocenters. The highest BCUT2D eigenvalue weighted by Gasteiger charge is 2.19. The van der Waals surface area contributed by atoms with E-state index in [2.05, 4.69) is 36.4 Å². The predicted octanol–water partition coefficient (Wildman–Crippen LogP) is 6.04. The minimum Gasteiger partial charge on any atom is -0.308 e. The maximum Gasteiger partial charge on any atom is 0.224 e. The number of hydrogen-bond acceptors (Lipinski definition) is 1. The SMILES string of the molecule is CC(=O)N1Cc2ccc(-c3ccccc3)cc2/C=C\c2cc(Cl)ccc21. The summed E-state index contributed by atoms with van der Waals surface area (Å²) >= 11 is 6.17. The standard InChI is InChI=1S/C23H18ClNO/c1-16(26)25-15-21-10-8-18(17-5-3-2-4-6-17)13-19(21)7-9-20-14-22(24)11-12-23(20)25/h2-14H,15H2,1H3/b9-7-. The zero-order valence-corrected chi connectivity index (χ0v) is 15.2. The summed E-state index contributed by atoms with van der Waals surface area (Å²) < 4.78 is 0. The normalized spacial score (nSPS) is 14.0. The lowest BCUT2D eigenvalue weighted by atomic mass is 9.96. The number of amides is 1. The summed E-state index contributed by atoms with van der Waals surface area (Å²) in [5, 5.41) is 0.663. The molecule has 2 nitrogen and oxygen atoms in total. The molecule has 0 fully saturated rings. The highest BCUT2D eigenvalue weighted by Crippen LogP contribution is 2.32. The Morgan fingerprint density at radius 3 is 2.42 bits per heavy atom. The van der Waals surface area contributed by atoms with Crippen molar-refractivity contribution in [3.05, 3.63) is 88.4 Å². The number of carbonyl (C=O) groups excluding carboxylic acids is 1. The van der Waals surface area contributed by atoms with Crippen LogP contribution in [0.25, 0.3) is 23.3 Å². The number of fused-ring (bicyclic) bond motifs is 2. The Labute approximate surface area is 158 Å². The third-order valence-corrected chi connectivity index (χ3v) is 4.92. The molecule has 0 aliphatic carbocycles. The molecular formula is C23H18ClNO. The van der Waals surface area contributed by atoms with E-state index < -0.39 is 0 Å². The first-order chi connectivity index (χ1) is 12.6.